The molecule has 2 aromatic rings. The van der Waals surface area contributed by atoms with Gasteiger partial charge < -0.3 is 4.74 Å². The van der Waals surface area contributed by atoms with Gasteiger partial charge in [-0.3, -0.25) is 4.79 Å². The number of carbonyl (C=O) groups is 1. The third-order valence-corrected chi connectivity index (χ3v) is 3.33. The van der Waals surface area contributed by atoms with Crippen molar-refractivity contribution in [1.82, 2.24) is 0 Å². The first kappa shape index (κ1) is 14.7. The van der Waals surface area contributed by atoms with Crippen LogP contribution in [0.2, 0.25) is 5.02 Å². The van der Waals surface area contributed by atoms with Crippen molar-refractivity contribution >= 4 is 34.7 Å². The molecular weight excluding hydrogens is 292 g/mol. The summed E-state index contributed by atoms with van der Waals surface area (Å²) in [4.78, 5) is 12.6. The number of hydrogen-bond acceptors (Lipinski definition) is 3. The van der Waals surface area contributed by atoms with Crippen LogP contribution in [0.4, 0.5) is 0 Å². The fraction of sp³-hybridized carbons (Fsp3) is 0.125. The fourth-order valence-electron chi connectivity index (χ4n) is 1.85. The van der Waals surface area contributed by atoms with Crippen molar-refractivity contribution in [2.45, 2.75) is 6.92 Å². The van der Waals surface area contributed by atoms with Crippen LogP contribution in [0.5, 0.6) is 0 Å². The normalized spacial score (nSPS) is 10.1. The van der Waals surface area contributed by atoms with Crippen LogP contribution in [-0.2, 0) is 4.74 Å². The van der Waals surface area contributed by atoms with Gasteiger partial charge in [-0.2, -0.15) is 0 Å². The minimum atomic E-state index is -0.120. The van der Waals surface area contributed by atoms with Crippen molar-refractivity contribution in [3.05, 3.63) is 70.2 Å². The smallest absolute Gasteiger partial charge is 0.193 e. The van der Waals surface area contributed by atoms with E-state index in [1.54, 1.807) is 42.5 Å². The van der Waals surface area contributed by atoms with E-state index in [1.807, 2.05) is 13.0 Å². The molecule has 2 aromatic carbocycles. The first-order valence-corrected chi connectivity index (χ1v) is 6.98. The molecule has 0 spiro atoms. The largest absolute Gasteiger partial charge is 0.483 e. The van der Waals surface area contributed by atoms with E-state index in [1.165, 1.54) is 0 Å². The van der Waals surface area contributed by atoms with Crippen LogP contribution in [0.25, 0.3) is 0 Å². The van der Waals surface area contributed by atoms with Crippen molar-refractivity contribution in [1.29, 1.82) is 0 Å². The van der Waals surface area contributed by atoms with Crippen LogP contribution in [0.3, 0.4) is 0 Å². The Morgan fingerprint density at radius 2 is 1.85 bits per heavy atom. The monoisotopic (exact) mass is 304 g/mol. The zero-order valence-electron chi connectivity index (χ0n) is 10.9. The van der Waals surface area contributed by atoms with Gasteiger partial charge in [-0.15, -0.1) is 0 Å². The van der Waals surface area contributed by atoms with E-state index in [0.29, 0.717) is 33.4 Å². The summed E-state index contributed by atoms with van der Waals surface area (Å²) in [6.07, 6.45) is 0. The third-order valence-electron chi connectivity index (χ3n) is 2.75. The number of hydrogen-bond donors (Lipinski definition) is 0. The second-order valence-corrected chi connectivity index (χ2v) is 4.91. The zero-order valence-corrected chi connectivity index (χ0v) is 12.5. The summed E-state index contributed by atoms with van der Waals surface area (Å²) in [7, 11) is 0. The highest BCUT2D eigenvalue weighted by atomic mass is 35.5. The summed E-state index contributed by atoms with van der Waals surface area (Å²) in [5.41, 5.74) is 1.69. The predicted molar refractivity (Wildman–Crippen MR) is 84.7 cm³/mol. The summed E-state index contributed by atoms with van der Waals surface area (Å²) in [5, 5.41) is 0.860. The van der Waals surface area contributed by atoms with E-state index in [2.05, 4.69) is 0 Å². The number of ether oxygens (including phenoxy) is 1. The minimum Gasteiger partial charge on any atom is -0.483 e. The molecule has 0 amide bonds. The van der Waals surface area contributed by atoms with Gasteiger partial charge in [0.05, 0.1) is 6.61 Å². The van der Waals surface area contributed by atoms with Gasteiger partial charge in [0.1, 0.15) is 0 Å². The van der Waals surface area contributed by atoms with E-state index in [9.17, 15) is 4.79 Å². The highest BCUT2D eigenvalue weighted by molar-refractivity contribution is 7.80. The molecule has 0 radical (unpaired) electrons. The highest BCUT2D eigenvalue weighted by Gasteiger charge is 2.16. The molecule has 0 saturated carbocycles. The fourth-order valence-corrected chi connectivity index (χ4v) is 2.34. The van der Waals surface area contributed by atoms with Crippen LogP contribution in [0.1, 0.15) is 28.4 Å². The average molecular weight is 305 g/mol. The van der Waals surface area contributed by atoms with E-state index in [0.717, 1.165) is 0 Å². The maximum atomic E-state index is 12.6. The highest BCUT2D eigenvalue weighted by Crippen LogP contribution is 2.18. The molecule has 0 aliphatic heterocycles. The minimum absolute atomic E-state index is 0.120. The van der Waals surface area contributed by atoms with Crippen LogP contribution in [-0.4, -0.2) is 17.4 Å². The number of rotatable bonds is 4. The van der Waals surface area contributed by atoms with E-state index < -0.39 is 0 Å². The second-order valence-electron chi connectivity index (χ2n) is 4.11. The van der Waals surface area contributed by atoms with E-state index in [4.69, 9.17) is 28.6 Å². The number of ketones is 1. The standard InChI is InChI=1S/C16H13ClO2S/c1-2-19-16(20)14-9-4-3-8-13(14)15(18)11-6-5-7-12(17)10-11/h3-10H,2H2,1H3. The molecule has 0 unspecified atom stereocenters. The zero-order chi connectivity index (χ0) is 14.5. The summed E-state index contributed by atoms with van der Waals surface area (Å²) < 4.78 is 5.33. The molecule has 2 rings (SSSR count). The Bertz CT molecular complexity index is 652. The van der Waals surface area contributed by atoms with Gasteiger partial charge in [-0.25, -0.2) is 0 Å². The lowest BCUT2D eigenvalue weighted by Gasteiger charge is -2.10. The Morgan fingerprint density at radius 1 is 1.15 bits per heavy atom. The van der Waals surface area contributed by atoms with Crippen molar-refractivity contribution in [3.63, 3.8) is 0 Å². The van der Waals surface area contributed by atoms with Gasteiger partial charge in [0.15, 0.2) is 10.8 Å². The lowest BCUT2D eigenvalue weighted by Crippen LogP contribution is -2.11. The maximum Gasteiger partial charge on any atom is 0.193 e. The number of thiocarbonyl (C=S) groups is 1. The SMILES string of the molecule is CCOC(=S)c1ccccc1C(=O)c1cccc(Cl)c1. The molecule has 0 fully saturated rings. The van der Waals surface area contributed by atoms with Gasteiger partial charge in [0, 0.05) is 21.7 Å². The van der Waals surface area contributed by atoms with Gasteiger partial charge in [0.25, 0.3) is 0 Å². The molecule has 0 heterocycles. The molecule has 4 heteroatoms. The van der Waals surface area contributed by atoms with E-state index in [-0.39, 0.29) is 5.78 Å². The topological polar surface area (TPSA) is 26.3 Å². The summed E-state index contributed by atoms with van der Waals surface area (Å²) in [6, 6.07) is 14.0. The summed E-state index contributed by atoms with van der Waals surface area (Å²) in [6.45, 7) is 2.33. The van der Waals surface area contributed by atoms with Crippen LogP contribution < -0.4 is 0 Å². The predicted octanol–water partition coefficient (Wildman–Crippen LogP) is 4.28. The van der Waals surface area contributed by atoms with Crippen molar-refractivity contribution < 1.29 is 9.53 Å². The number of benzene rings is 2. The van der Waals surface area contributed by atoms with Crippen LogP contribution in [0.15, 0.2) is 48.5 Å². The number of carbonyl (C=O) groups excluding carboxylic acids is 1. The van der Waals surface area contributed by atoms with Crippen LogP contribution >= 0.6 is 23.8 Å². The lowest BCUT2D eigenvalue weighted by atomic mass is 9.99. The summed E-state index contributed by atoms with van der Waals surface area (Å²) >= 11 is 11.1. The number of halogens is 1. The molecule has 0 atom stereocenters. The molecule has 0 aliphatic carbocycles. The Kier molecular flexibility index (Phi) is 4.88. The Hall–Kier alpha value is -1.71. The lowest BCUT2D eigenvalue weighted by molar-refractivity contribution is 0.103. The molecule has 0 saturated heterocycles. The Balaban J connectivity index is 2.42. The first-order valence-electron chi connectivity index (χ1n) is 6.20. The van der Waals surface area contributed by atoms with Crippen molar-refractivity contribution in [2.24, 2.45) is 0 Å². The van der Waals surface area contributed by atoms with Crippen LogP contribution in [0, 0.1) is 0 Å². The molecule has 0 aromatic heterocycles. The van der Waals surface area contributed by atoms with Crippen molar-refractivity contribution in [3.8, 4) is 0 Å². The molecule has 102 valence electrons. The quantitative estimate of drug-likeness (QED) is 0.623. The van der Waals surface area contributed by atoms with Gasteiger partial charge in [-0.05, 0) is 37.3 Å². The average Bonchev–Trinajstić information content (AvgIpc) is 2.47. The molecule has 0 bridgehead atoms. The second kappa shape index (κ2) is 6.64. The molecule has 2 nitrogen and oxygen atoms in total. The molecular formula is C16H13ClO2S. The Labute approximate surface area is 128 Å². The molecule has 0 aliphatic rings. The molecule has 20 heavy (non-hydrogen) atoms. The molecule has 0 N–H and O–H groups in total. The van der Waals surface area contributed by atoms with Gasteiger partial charge >= 0.3 is 0 Å². The van der Waals surface area contributed by atoms with Gasteiger partial charge in [-0.1, -0.05) is 41.9 Å². The Morgan fingerprint density at radius 3 is 2.50 bits per heavy atom. The van der Waals surface area contributed by atoms with Crippen molar-refractivity contribution in [2.75, 3.05) is 6.61 Å². The van der Waals surface area contributed by atoms with E-state index >= 15 is 0 Å². The van der Waals surface area contributed by atoms with Gasteiger partial charge in [0.2, 0.25) is 0 Å². The summed E-state index contributed by atoms with van der Waals surface area (Å²) in [5.74, 6) is -0.120. The maximum absolute atomic E-state index is 12.6. The third kappa shape index (κ3) is 3.24. The first-order chi connectivity index (χ1) is 9.63.